The molecule has 166 valence electrons. The number of rotatable bonds is 5. The normalized spacial score (nSPS) is 15.6. The lowest BCUT2D eigenvalue weighted by molar-refractivity contribution is -0.00973. The van der Waals surface area contributed by atoms with Crippen LogP contribution in [0.25, 0.3) is 21.3 Å². The number of aromatic amines is 1. The maximum absolute atomic E-state index is 11.3. The Morgan fingerprint density at radius 1 is 1.33 bits per heavy atom. The summed E-state index contributed by atoms with van der Waals surface area (Å²) in [5.41, 5.74) is 10.5. The van der Waals surface area contributed by atoms with Crippen molar-refractivity contribution in [1.29, 1.82) is 0 Å². The Morgan fingerprint density at radius 3 is 3.03 bits per heavy atom. The highest BCUT2D eigenvalue weighted by Crippen LogP contribution is 2.37. The van der Waals surface area contributed by atoms with E-state index in [2.05, 4.69) is 20.3 Å². The lowest BCUT2D eigenvalue weighted by atomic mass is 10.1. The van der Waals surface area contributed by atoms with Crippen molar-refractivity contribution < 1.29 is 9.90 Å². The maximum atomic E-state index is 11.3. The zero-order valence-electron chi connectivity index (χ0n) is 17.4. The van der Waals surface area contributed by atoms with Crippen LogP contribution in [0.5, 0.6) is 0 Å². The Bertz CT molecular complexity index is 1560. The van der Waals surface area contributed by atoms with Crippen molar-refractivity contribution in [1.82, 2.24) is 29.7 Å². The first-order valence-electron chi connectivity index (χ1n) is 10.1. The fourth-order valence-electron chi connectivity index (χ4n) is 4.14. The SMILES string of the molecule is Cn1c2c(c3sc(Cc4csc(C(N)=O)n4)nc31)C=NN(Cc1cccc3[nH]ncc13)C2O. The van der Waals surface area contributed by atoms with E-state index >= 15 is 0 Å². The minimum Gasteiger partial charge on any atom is -0.367 e. The van der Waals surface area contributed by atoms with Crippen molar-refractivity contribution in [3.05, 3.63) is 62.3 Å². The summed E-state index contributed by atoms with van der Waals surface area (Å²) in [5, 5.41) is 28.4. The van der Waals surface area contributed by atoms with Crippen LogP contribution >= 0.6 is 22.7 Å². The van der Waals surface area contributed by atoms with E-state index in [-0.39, 0.29) is 0 Å². The number of aryl methyl sites for hydroxylation is 1. The number of hydrogen-bond donors (Lipinski definition) is 3. The van der Waals surface area contributed by atoms with Gasteiger partial charge >= 0.3 is 0 Å². The van der Waals surface area contributed by atoms with Gasteiger partial charge in [0.05, 0.1) is 40.6 Å². The van der Waals surface area contributed by atoms with Crippen LogP contribution in [0.3, 0.4) is 0 Å². The fraction of sp³-hybridized carbons (Fsp3) is 0.190. The highest BCUT2D eigenvalue weighted by atomic mass is 32.1. The highest BCUT2D eigenvalue weighted by Gasteiger charge is 2.30. The molecule has 10 nitrogen and oxygen atoms in total. The number of thiazole rings is 2. The van der Waals surface area contributed by atoms with Crippen LogP contribution in [0.4, 0.5) is 0 Å². The molecule has 33 heavy (non-hydrogen) atoms. The number of aliphatic hydroxyl groups excluding tert-OH is 1. The highest BCUT2D eigenvalue weighted by molar-refractivity contribution is 7.19. The third-order valence-corrected chi connectivity index (χ3v) is 7.70. The van der Waals surface area contributed by atoms with Gasteiger partial charge in [0.1, 0.15) is 5.01 Å². The zero-order valence-corrected chi connectivity index (χ0v) is 19.0. The molecule has 0 fully saturated rings. The molecular weight excluding hydrogens is 460 g/mol. The van der Waals surface area contributed by atoms with E-state index in [9.17, 15) is 9.90 Å². The monoisotopic (exact) mass is 478 g/mol. The molecule has 0 saturated carbocycles. The molecule has 1 aromatic carbocycles. The second kappa shape index (κ2) is 7.47. The van der Waals surface area contributed by atoms with Gasteiger partial charge in [-0.1, -0.05) is 12.1 Å². The number of H-pyrrole nitrogens is 1. The van der Waals surface area contributed by atoms with E-state index in [0.717, 1.165) is 48.8 Å². The van der Waals surface area contributed by atoms with Gasteiger partial charge in [0.15, 0.2) is 16.9 Å². The maximum Gasteiger partial charge on any atom is 0.277 e. The molecule has 0 radical (unpaired) electrons. The Kier molecular flexibility index (Phi) is 4.54. The summed E-state index contributed by atoms with van der Waals surface area (Å²) in [6, 6.07) is 5.93. The van der Waals surface area contributed by atoms with Gasteiger partial charge in [-0.2, -0.15) is 10.2 Å². The molecule has 6 rings (SSSR count). The molecule has 5 aromatic rings. The Balaban J connectivity index is 1.30. The van der Waals surface area contributed by atoms with Crippen molar-refractivity contribution in [3.63, 3.8) is 0 Å². The molecule has 1 aliphatic heterocycles. The molecule has 1 atom stereocenters. The number of nitrogens with zero attached hydrogens (tertiary/aromatic N) is 6. The summed E-state index contributed by atoms with van der Waals surface area (Å²) >= 11 is 2.77. The van der Waals surface area contributed by atoms with Crippen LogP contribution < -0.4 is 5.73 Å². The van der Waals surface area contributed by atoms with Gasteiger partial charge in [0.2, 0.25) is 0 Å². The molecule has 1 amide bonds. The largest absolute Gasteiger partial charge is 0.367 e. The smallest absolute Gasteiger partial charge is 0.277 e. The van der Waals surface area contributed by atoms with Crippen LogP contribution in [0.1, 0.15) is 43.6 Å². The van der Waals surface area contributed by atoms with Crippen LogP contribution in [-0.2, 0) is 20.0 Å². The average molecular weight is 479 g/mol. The van der Waals surface area contributed by atoms with Gasteiger partial charge in [-0.15, -0.1) is 22.7 Å². The number of nitrogens with one attached hydrogen (secondary N) is 1. The summed E-state index contributed by atoms with van der Waals surface area (Å²) in [5.74, 6) is -0.525. The molecule has 4 N–H and O–H groups in total. The van der Waals surface area contributed by atoms with E-state index in [1.807, 2.05) is 35.2 Å². The Labute approximate surface area is 195 Å². The first-order chi connectivity index (χ1) is 16.0. The second-order valence-corrected chi connectivity index (χ2v) is 9.71. The fourth-order valence-corrected chi connectivity index (χ4v) is 5.94. The summed E-state index contributed by atoms with van der Waals surface area (Å²) in [6.07, 6.45) is 3.18. The molecule has 0 spiro atoms. The molecule has 1 aliphatic rings. The third kappa shape index (κ3) is 3.22. The topological polar surface area (TPSA) is 138 Å². The van der Waals surface area contributed by atoms with Gasteiger partial charge in [-0.25, -0.2) is 9.97 Å². The minimum atomic E-state index is -0.904. The van der Waals surface area contributed by atoms with E-state index < -0.39 is 12.1 Å². The molecule has 4 aromatic heterocycles. The van der Waals surface area contributed by atoms with E-state index in [1.165, 1.54) is 22.7 Å². The lowest BCUT2D eigenvalue weighted by Crippen LogP contribution is -2.29. The first kappa shape index (κ1) is 20.0. The van der Waals surface area contributed by atoms with Gasteiger partial charge < -0.3 is 15.4 Å². The number of benzene rings is 1. The molecule has 0 saturated heterocycles. The van der Waals surface area contributed by atoms with Crippen LogP contribution in [-0.4, -0.2) is 47.0 Å². The minimum absolute atomic E-state index is 0.296. The molecule has 12 heteroatoms. The Hall–Kier alpha value is -3.61. The number of carbonyl (C=O) groups excluding carboxylic acids is 1. The quantitative estimate of drug-likeness (QED) is 0.355. The third-order valence-electron chi connectivity index (χ3n) is 5.72. The molecule has 1 unspecified atom stereocenters. The number of aromatic nitrogens is 5. The Morgan fingerprint density at radius 2 is 2.21 bits per heavy atom. The van der Waals surface area contributed by atoms with Crippen molar-refractivity contribution in [2.75, 3.05) is 0 Å². The van der Waals surface area contributed by atoms with Crippen LogP contribution in [0.2, 0.25) is 0 Å². The van der Waals surface area contributed by atoms with E-state index in [4.69, 9.17) is 10.7 Å². The van der Waals surface area contributed by atoms with Crippen molar-refractivity contribution in [3.8, 4) is 0 Å². The predicted octanol–water partition coefficient (Wildman–Crippen LogP) is 2.50. The van der Waals surface area contributed by atoms with Gasteiger partial charge in [-0.3, -0.25) is 14.9 Å². The number of hydrazone groups is 1. The standard InChI is InChI=1S/C21H18N8O2S2/c1-28-16-13(17-19(28)26-15(33-17)5-11-9-32-20(25-11)18(22)30)7-24-29(21(16)31)8-10-3-2-4-14-12(10)6-23-27-14/h2-4,6-7,9,21,31H,5,8H2,1H3,(H2,22,30)(H,23,27). The summed E-state index contributed by atoms with van der Waals surface area (Å²) in [4.78, 5) is 20.3. The first-order valence-corrected chi connectivity index (χ1v) is 11.8. The molecule has 0 bridgehead atoms. The number of fused-ring (bicyclic) bond motifs is 4. The van der Waals surface area contributed by atoms with Crippen molar-refractivity contribution in [2.45, 2.75) is 19.2 Å². The summed E-state index contributed by atoms with van der Waals surface area (Å²) in [6.45, 7) is 0.442. The van der Waals surface area contributed by atoms with E-state index in [1.54, 1.807) is 17.4 Å². The van der Waals surface area contributed by atoms with Gasteiger partial charge in [0.25, 0.3) is 5.91 Å². The zero-order chi connectivity index (χ0) is 22.7. The number of nitrogens with two attached hydrogens (primary N) is 1. The van der Waals surface area contributed by atoms with Crippen LogP contribution in [0, 0.1) is 0 Å². The lowest BCUT2D eigenvalue weighted by Gasteiger charge is -2.29. The van der Waals surface area contributed by atoms with Gasteiger partial charge in [0, 0.05) is 29.8 Å². The summed E-state index contributed by atoms with van der Waals surface area (Å²) < 4.78 is 2.88. The van der Waals surface area contributed by atoms with Gasteiger partial charge in [-0.05, 0) is 11.6 Å². The second-order valence-electron chi connectivity index (χ2n) is 7.77. The number of aliphatic hydroxyl groups is 1. The van der Waals surface area contributed by atoms with E-state index in [0.29, 0.717) is 18.0 Å². The number of amides is 1. The molecular formula is C21H18N8O2S2. The predicted molar refractivity (Wildman–Crippen MR) is 126 cm³/mol. The summed E-state index contributed by atoms with van der Waals surface area (Å²) in [7, 11) is 1.90. The van der Waals surface area contributed by atoms with Crippen molar-refractivity contribution >= 4 is 56.0 Å². The number of carbonyl (C=O) groups is 1. The van der Waals surface area contributed by atoms with Crippen molar-refractivity contribution in [2.24, 2.45) is 17.9 Å². The molecule has 5 heterocycles. The van der Waals surface area contributed by atoms with Crippen LogP contribution in [0.15, 0.2) is 34.9 Å². The number of primary amides is 1. The number of hydrogen-bond acceptors (Lipinski definition) is 9. The molecule has 0 aliphatic carbocycles. The average Bonchev–Trinajstić information content (AvgIpc) is 3.57.